The first-order valence-corrected chi connectivity index (χ1v) is 9.35. The molecule has 4 rings (SSSR count). The highest BCUT2D eigenvalue weighted by Gasteiger charge is 2.25. The van der Waals surface area contributed by atoms with Crippen molar-refractivity contribution in [2.75, 3.05) is 26.1 Å². The van der Waals surface area contributed by atoms with Crippen molar-refractivity contribution in [3.8, 4) is 34.5 Å². The lowest BCUT2D eigenvalue weighted by atomic mass is 10.0. The Kier molecular flexibility index (Phi) is 4.90. The number of hydrogen-bond donors (Lipinski definition) is 1. The largest absolute Gasteiger partial charge is 0.493 e. The van der Waals surface area contributed by atoms with Crippen LogP contribution in [0.5, 0.6) is 11.5 Å². The summed E-state index contributed by atoms with van der Waals surface area (Å²) in [4.78, 5) is 0. The number of nitrogens with zero attached hydrogens (tertiary/aromatic N) is 3. The standard InChI is InChI=1S/C22H22N4O2/c1-27-19-12-7-10-16(21(19)28-2)20-17-9-5-6-13-24-22(17)26(25-20)18-11-4-3-8-15(18)14-23/h3-4,7-8,10-12,24H,5-6,9,13H2,1-2H3. The Balaban J connectivity index is 1.98. The molecule has 0 radical (unpaired) electrons. The average molecular weight is 374 g/mol. The summed E-state index contributed by atoms with van der Waals surface area (Å²) in [5.74, 6) is 2.28. The van der Waals surface area contributed by atoms with Gasteiger partial charge in [-0.05, 0) is 43.5 Å². The molecule has 0 aliphatic carbocycles. The molecule has 2 heterocycles. The third-order valence-electron chi connectivity index (χ3n) is 5.04. The second-order valence-electron chi connectivity index (χ2n) is 6.64. The van der Waals surface area contributed by atoms with Crippen LogP contribution in [0.3, 0.4) is 0 Å². The van der Waals surface area contributed by atoms with Crippen molar-refractivity contribution < 1.29 is 9.47 Å². The van der Waals surface area contributed by atoms with Crippen LogP contribution in [0.25, 0.3) is 16.9 Å². The van der Waals surface area contributed by atoms with E-state index in [1.54, 1.807) is 14.2 Å². The average Bonchev–Trinajstić information content (AvgIpc) is 2.93. The number of methoxy groups -OCH3 is 2. The van der Waals surface area contributed by atoms with Gasteiger partial charge in [-0.2, -0.15) is 10.4 Å². The zero-order chi connectivity index (χ0) is 19.5. The number of hydrogen-bond acceptors (Lipinski definition) is 5. The van der Waals surface area contributed by atoms with E-state index in [0.717, 1.165) is 54.1 Å². The van der Waals surface area contributed by atoms with Gasteiger partial charge in [0.25, 0.3) is 0 Å². The fraction of sp³-hybridized carbons (Fsp3) is 0.273. The van der Waals surface area contributed by atoms with Gasteiger partial charge < -0.3 is 14.8 Å². The molecular formula is C22H22N4O2. The zero-order valence-electron chi connectivity index (χ0n) is 16.0. The predicted molar refractivity (Wildman–Crippen MR) is 108 cm³/mol. The van der Waals surface area contributed by atoms with E-state index in [1.165, 1.54) is 0 Å². The van der Waals surface area contributed by atoms with Gasteiger partial charge in [0.15, 0.2) is 11.5 Å². The summed E-state index contributed by atoms with van der Waals surface area (Å²) in [6, 6.07) is 15.6. The molecule has 0 atom stereocenters. The highest BCUT2D eigenvalue weighted by Crippen LogP contribution is 2.42. The van der Waals surface area contributed by atoms with Crippen LogP contribution in [0.15, 0.2) is 42.5 Å². The Hall–Kier alpha value is -3.46. The number of benzene rings is 2. The third kappa shape index (κ3) is 2.95. The van der Waals surface area contributed by atoms with Gasteiger partial charge in [-0.25, -0.2) is 4.68 Å². The summed E-state index contributed by atoms with van der Waals surface area (Å²) in [6.45, 7) is 0.877. The van der Waals surface area contributed by atoms with Gasteiger partial charge in [-0.1, -0.05) is 18.2 Å². The van der Waals surface area contributed by atoms with E-state index in [9.17, 15) is 5.26 Å². The van der Waals surface area contributed by atoms with Crippen molar-refractivity contribution in [3.05, 3.63) is 53.6 Å². The summed E-state index contributed by atoms with van der Waals surface area (Å²) in [5, 5.41) is 18.0. The van der Waals surface area contributed by atoms with Crippen LogP contribution in [0.2, 0.25) is 0 Å². The quantitative estimate of drug-likeness (QED) is 0.742. The van der Waals surface area contributed by atoms with E-state index in [4.69, 9.17) is 14.6 Å². The van der Waals surface area contributed by atoms with Crippen LogP contribution >= 0.6 is 0 Å². The molecule has 0 spiro atoms. The van der Waals surface area contributed by atoms with Crippen LogP contribution in [0, 0.1) is 11.3 Å². The predicted octanol–water partition coefficient (Wildman–Crippen LogP) is 4.18. The molecule has 0 unspecified atom stereocenters. The van der Waals surface area contributed by atoms with Crippen LogP contribution < -0.4 is 14.8 Å². The number of aromatic nitrogens is 2. The fourth-order valence-electron chi connectivity index (χ4n) is 3.72. The Morgan fingerprint density at radius 2 is 1.93 bits per heavy atom. The van der Waals surface area contributed by atoms with E-state index >= 15 is 0 Å². The van der Waals surface area contributed by atoms with Gasteiger partial charge >= 0.3 is 0 Å². The van der Waals surface area contributed by atoms with Crippen LogP contribution in [-0.2, 0) is 6.42 Å². The fourth-order valence-corrected chi connectivity index (χ4v) is 3.72. The lowest BCUT2D eigenvalue weighted by Gasteiger charge is -2.12. The van der Waals surface area contributed by atoms with Gasteiger partial charge in [-0.15, -0.1) is 0 Å². The first-order chi connectivity index (χ1) is 13.8. The molecule has 1 aliphatic rings. The molecule has 28 heavy (non-hydrogen) atoms. The summed E-state index contributed by atoms with van der Waals surface area (Å²) in [5.41, 5.74) is 4.23. The number of fused-ring (bicyclic) bond motifs is 1. The highest BCUT2D eigenvalue weighted by molar-refractivity contribution is 5.78. The maximum absolute atomic E-state index is 9.57. The summed E-state index contributed by atoms with van der Waals surface area (Å²) < 4.78 is 13.0. The van der Waals surface area contributed by atoms with Crippen molar-refractivity contribution in [2.45, 2.75) is 19.3 Å². The smallest absolute Gasteiger partial charge is 0.170 e. The summed E-state index contributed by atoms with van der Waals surface area (Å²) in [6.07, 6.45) is 3.07. The van der Waals surface area contributed by atoms with Gasteiger partial charge in [0.05, 0.1) is 25.5 Å². The van der Waals surface area contributed by atoms with Crippen LogP contribution in [-0.4, -0.2) is 30.5 Å². The topological polar surface area (TPSA) is 72.1 Å². The lowest BCUT2D eigenvalue weighted by Crippen LogP contribution is -2.08. The van der Waals surface area contributed by atoms with Crippen molar-refractivity contribution in [1.29, 1.82) is 5.26 Å². The molecule has 0 bridgehead atoms. The minimum atomic E-state index is 0.586. The van der Waals surface area contributed by atoms with E-state index in [2.05, 4.69) is 11.4 Å². The van der Waals surface area contributed by atoms with Crippen LogP contribution in [0.1, 0.15) is 24.0 Å². The van der Waals surface area contributed by atoms with Crippen molar-refractivity contribution in [1.82, 2.24) is 9.78 Å². The Bertz CT molecular complexity index is 1050. The first kappa shape index (κ1) is 17.9. The summed E-state index contributed by atoms with van der Waals surface area (Å²) in [7, 11) is 3.27. The highest BCUT2D eigenvalue weighted by atomic mass is 16.5. The maximum Gasteiger partial charge on any atom is 0.170 e. The van der Waals surface area contributed by atoms with E-state index < -0.39 is 0 Å². The molecule has 6 heteroatoms. The molecule has 0 amide bonds. The second kappa shape index (κ2) is 7.65. The molecule has 1 aliphatic heterocycles. The second-order valence-corrected chi connectivity index (χ2v) is 6.64. The lowest BCUT2D eigenvalue weighted by molar-refractivity contribution is 0.356. The number of ether oxygens (including phenoxy) is 2. The van der Waals surface area contributed by atoms with Crippen molar-refractivity contribution >= 4 is 5.82 Å². The first-order valence-electron chi connectivity index (χ1n) is 9.35. The number of anilines is 1. The van der Waals surface area contributed by atoms with Gasteiger partial charge in [0.2, 0.25) is 0 Å². The van der Waals surface area contributed by atoms with E-state index in [1.807, 2.05) is 47.1 Å². The molecule has 0 saturated heterocycles. The number of rotatable bonds is 4. The number of nitriles is 1. The minimum absolute atomic E-state index is 0.586. The van der Waals surface area contributed by atoms with Crippen molar-refractivity contribution in [3.63, 3.8) is 0 Å². The van der Waals surface area contributed by atoms with Crippen molar-refractivity contribution in [2.24, 2.45) is 0 Å². The monoisotopic (exact) mass is 374 g/mol. The van der Waals surface area contributed by atoms with Gasteiger partial charge in [0, 0.05) is 17.7 Å². The normalized spacial score (nSPS) is 13.0. The third-order valence-corrected chi connectivity index (χ3v) is 5.04. The molecule has 3 aromatic rings. The summed E-state index contributed by atoms with van der Waals surface area (Å²) >= 11 is 0. The molecule has 2 aromatic carbocycles. The van der Waals surface area contributed by atoms with Gasteiger partial charge in [-0.3, -0.25) is 0 Å². The number of nitrogens with one attached hydrogen (secondary N) is 1. The van der Waals surface area contributed by atoms with Gasteiger partial charge in [0.1, 0.15) is 17.6 Å². The van der Waals surface area contributed by atoms with Crippen LogP contribution in [0.4, 0.5) is 5.82 Å². The Morgan fingerprint density at radius 1 is 1.07 bits per heavy atom. The molecule has 1 N–H and O–H groups in total. The molecule has 0 saturated carbocycles. The number of para-hydroxylation sites is 2. The Labute approximate surface area is 164 Å². The Morgan fingerprint density at radius 3 is 2.71 bits per heavy atom. The molecular weight excluding hydrogens is 352 g/mol. The molecule has 6 nitrogen and oxygen atoms in total. The molecule has 1 aromatic heterocycles. The zero-order valence-corrected chi connectivity index (χ0v) is 16.0. The minimum Gasteiger partial charge on any atom is -0.493 e. The molecule has 0 fully saturated rings. The maximum atomic E-state index is 9.57. The SMILES string of the molecule is COc1cccc(-c2nn(-c3ccccc3C#N)c3c2CCCCN3)c1OC. The van der Waals surface area contributed by atoms with E-state index in [-0.39, 0.29) is 0 Å². The van der Waals surface area contributed by atoms with E-state index in [0.29, 0.717) is 17.1 Å². The molecule has 142 valence electrons.